The molecule has 0 aliphatic carbocycles. The number of pyridine rings is 1. The molecule has 1 aromatic carbocycles. The molecule has 3 rings (SSSR count). The lowest BCUT2D eigenvalue weighted by atomic mass is 10.2. The zero-order valence-electron chi connectivity index (χ0n) is 13.6. The summed E-state index contributed by atoms with van der Waals surface area (Å²) in [4.78, 5) is 9.06. The number of alkyl halides is 3. The van der Waals surface area contributed by atoms with Gasteiger partial charge in [-0.1, -0.05) is 40.5 Å². The van der Waals surface area contributed by atoms with Gasteiger partial charge < -0.3 is 4.84 Å². The molecule has 0 aliphatic heterocycles. The number of aromatic nitrogens is 2. The van der Waals surface area contributed by atoms with Gasteiger partial charge in [0.2, 0.25) is 0 Å². The second-order valence-electron chi connectivity index (χ2n) is 5.46. The molecule has 0 spiro atoms. The summed E-state index contributed by atoms with van der Waals surface area (Å²) in [5.41, 5.74) is 0.518. The summed E-state index contributed by atoms with van der Waals surface area (Å²) in [6, 6.07) is 11.3. The van der Waals surface area contributed by atoms with Crippen molar-refractivity contribution in [3.05, 3.63) is 81.7 Å². The second kappa shape index (κ2) is 8.02. The van der Waals surface area contributed by atoms with Crippen LogP contribution in [-0.2, 0) is 17.6 Å². The van der Waals surface area contributed by atoms with Crippen LogP contribution >= 0.6 is 23.2 Å². The van der Waals surface area contributed by atoms with Crippen LogP contribution in [0.3, 0.4) is 0 Å². The van der Waals surface area contributed by atoms with Gasteiger partial charge in [-0.15, -0.1) is 0 Å². The molecule has 0 saturated carbocycles. The highest BCUT2D eigenvalue weighted by molar-refractivity contribution is 6.32. The van der Waals surface area contributed by atoms with Crippen LogP contribution in [0, 0.1) is 0 Å². The van der Waals surface area contributed by atoms with E-state index in [9.17, 15) is 13.2 Å². The smallest absolute Gasteiger partial charge is 0.391 e. The van der Waals surface area contributed by atoms with E-state index in [-0.39, 0.29) is 17.4 Å². The van der Waals surface area contributed by atoms with Crippen molar-refractivity contribution in [2.45, 2.75) is 12.8 Å². The van der Waals surface area contributed by atoms with Crippen molar-refractivity contribution in [1.29, 1.82) is 0 Å². The minimum absolute atomic E-state index is 0.127. The molecule has 3 aromatic rings. The molecule has 27 heavy (non-hydrogen) atoms. The van der Waals surface area contributed by atoms with E-state index in [0.717, 1.165) is 17.8 Å². The van der Waals surface area contributed by atoms with Crippen LogP contribution in [0.15, 0.2) is 60.0 Å². The number of benzene rings is 1. The molecule has 0 unspecified atom stereocenters. The molecule has 0 bridgehead atoms. The molecule has 0 saturated heterocycles. The maximum Gasteiger partial charge on any atom is 0.417 e. The summed E-state index contributed by atoms with van der Waals surface area (Å²) in [5, 5.41) is 4.37. The zero-order chi connectivity index (χ0) is 19.4. The molecule has 0 amide bonds. The van der Waals surface area contributed by atoms with Crippen molar-refractivity contribution < 1.29 is 18.0 Å². The third kappa shape index (κ3) is 4.81. The van der Waals surface area contributed by atoms with E-state index in [0.29, 0.717) is 10.7 Å². The van der Waals surface area contributed by atoms with E-state index in [1.165, 1.54) is 10.8 Å². The van der Waals surface area contributed by atoms with Gasteiger partial charge in [-0.05, 0) is 35.9 Å². The normalized spacial score (nSPS) is 11.9. The lowest BCUT2D eigenvalue weighted by molar-refractivity contribution is -0.137. The molecule has 0 radical (unpaired) electrons. The minimum atomic E-state index is -4.51. The average Bonchev–Trinajstić information content (AvgIpc) is 3.07. The van der Waals surface area contributed by atoms with Crippen LogP contribution in [0.1, 0.15) is 16.8 Å². The topological polar surface area (TPSA) is 39.4 Å². The summed E-state index contributed by atoms with van der Waals surface area (Å²) < 4.78 is 39.7. The van der Waals surface area contributed by atoms with Crippen molar-refractivity contribution in [2.24, 2.45) is 5.16 Å². The standard InChI is InChI=1S/C18H12Cl2F3N3O/c19-14-5-3-12(4-6-14)11-27-25-10-15-2-1-7-26(15)17-16(20)8-13(9-24-17)18(21,22)23/h1-10H,11H2. The Bertz CT molecular complexity index is 953. The van der Waals surface area contributed by atoms with Gasteiger partial charge in [0.05, 0.1) is 22.5 Å². The maximum atomic E-state index is 12.7. The van der Waals surface area contributed by atoms with E-state index in [1.54, 1.807) is 30.5 Å². The van der Waals surface area contributed by atoms with Gasteiger partial charge in [0.1, 0.15) is 6.61 Å². The molecular formula is C18H12Cl2F3N3O. The Morgan fingerprint density at radius 1 is 1.15 bits per heavy atom. The summed E-state index contributed by atoms with van der Waals surface area (Å²) >= 11 is 11.8. The molecule has 4 nitrogen and oxygen atoms in total. The Morgan fingerprint density at radius 3 is 2.56 bits per heavy atom. The lowest BCUT2D eigenvalue weighted by Gasteiger charge is -2.11. The minimum Gasteiger partial charge on any atom is -0.391 e. The lowest BCUT2D eigenvalue weighted by Crippen LogP contribution is -2.08. The summed E-state index contributed by atoms with van der Waals surface area (Å²) in [6.45, 7) is 0.244. The van der Waals surface area contributed by atoms with Crippen LogP contribution in [0.25, 0.3) is 5.82 Å². The molecule has 0 aliphatic rings. The first-order valence-corrected chi connectivity index (χ1v) is 8.40. The number of oxime groups is 1. The highest BCUT2D eigenvalue weighted by Gasteiger charge is 2.31. The Kier molecular flexibility index (Phi) is 5.72. The fraction of sp³-hybridized carbons (Fsp3) is 0.111. The molecule has 0 fully saturated rings. The fourth-order valence-electron chi connectivity index (χ4n) is 2.24. The Labute approximate surface area is 162 Å². The van der Waals surface area contributed by atoms with Gasteiger partial charge in [0, 0.05) is 17.4 Å². The number of hydrogen-bond acceptors (Lipinski definition) is 3. The first kappa shape index (κ1) is 19.3. The van der Waals surface area contributed by atoms with Crippen molar-refractivity contribution in [3.8, 4) is 5.82 Å². The van der Waals surface area contributed by atoms with Crippen LogP contribution < -0.4 is 0 Å². The highest BCUT2D eigenvalue weighted by Crippen LogP contribution is 2.32. The first-order valence-electron chi connectivity index (χ1n) is 7.65. The van der Waals surface area contributed by atoms with Gasteiger partial charge in [-0.25, -0.2) is 4.98 Å². The molecular weight excluding hydrogens is 402 g/mol. The third-order valence-corrected chi connectivity index (χ3v) is 4.09. The first-order chi connectivity index (χ1) is 12.8. The van der Waals surface area contributed by atoms with Crippen LogP contribution in [0.2, 0.25) is 10.0 Å². The van der Waals surface area contributed by atoms with Gasteiger partial charge in [0.15, 0.2) is 5.82 Å². The molecule has 9 heteroatoms. The predicted octanol–water partition coefficient (Wildman–Crippen LogP) is 5.75. The monoisotopic (exact) mass is 413 g/mol. The van der Waals surface area contributed by atoms with Gasteiger partial charge in [0.25, 0.3) is 0 Å². The largest absolute Gasteiger partial charge is 0.417 e. The number of nitrogens with zero attached hydrogens (tertiary/aromatic N) is 3. The van der Waals surface area contributed by atoms with Gasteiger partial charge >= 0.3 is 6.18 Å². The van der Waals surface area contributed by atoms with E-state index in [4.69, 9.17) is 28.0 Å². The SMILES string of the molecule is FC(F)(F)c1cnc(-n2cccc2C=NOCc2ccc(Cl)cc2)c(Cl)c1. The van der Waals surface area contributed by atoms with Gasteiger partial charge in [-0.3, -0.25) is 4.57 Å². The Hall–Kier alpha value is -2.51. The summed E-state index contributed by atoms with van der Waals surface area (Å²) in [7, 11) is 0. The quantitative estimate of drug-likeness (QED) is 0.394. The van der Waals surface area contributed by atoms with E-state index >= 15 is 0 Å². The molecule has 0 N–H and O–H groups in total. The van der Waals surface area contributed by atoms with Crippen LogP contribution in [-0.4, -0.2) is 15.8 Å². The van der Waals surface area contributed by atoms with Crippen molar-refractivity contribution >= 4 is 29.4 Å². The third-order valence-electron chi connectivity index (χ3n) is 3.56. The number of halogens is 5. The van der Waals surface area contributed by atoms with Gasteiger partial charge in [-0.2, -0.15) is 13.2 Å². The average molecular weight is 414 g/mol. The van der Waals surface area contributed by atoms with Crippen molar-refractivity contribution in [3.63, 3.8) is 0 Å². The predicted molar refractivity (Wildman–Crippen MR) is 97.4 cm³/mol. The highest BCUT2D eigenvalue weighted by atomic mass is 35.5. The number of hydrogen-bond donors (Lipinski definition) is 0. The Balaban J connectivity index is 1.73. The van der Waals surface area contributed by atoms with E-state index in [2.05, 4.69) is 10.1 Å². The molecule has 2 aromatic heterocycles. The summed E-state index contributed by atoms with van der Waals surface area (Å²) in [5.74, 6) is 0.161. The zero-order valence-corrected chi connectivity index (χ0v) is 15.1. The molecule has 2 heterocycles. The number of rotatable bonds is 5. The van der Waals surface area contributed by atoms with Crippen molar-refractivity contribution in [2.75, 3.05) is 0 Å². The molecule has 0 atom stereocenters. The van der Waals surface area contributed by atoms with Crippen molar-refractivity contribution in [1.82, 2.24) is 9.55 Å². The van der Waals surface area contributed by atoms with E-state index < -0.39 is 11.7 Å². The van der Waals surface area contributed by atoms with E-state index in [1.807, 2.05) is 12.1 Å². The van der Waals surface area contributed by atoms with Crippen LogP contribution in [0.4, 0.5) is 13.2 Å². The summed E-state index contributed by atoms with van der Waals surface area (Å²) in [6.07, 6.45) is -0.738. The fourth-order valence-corrected chi connectivity index (χ4v) is 2.62. The maximum absolute atomic E-state index is 12.7. The molecule has 140 valence electrons. The second-order valence-corrected chi connectivity index (χ2v) is 6.31. The van der Waals surface area contributed by atoms with Crippen LogP contribution in [0.5, 0.6) is 0 Å². The Morgan fingerprint density at radius 2 is 1.89 bits per heavy atom.